The largest absolute Gasteiger partial charge is 0.394 e. The Morgan fingerprint density at radius 2 is 2.05 bits per heavy atom. The molecule has 0 saturated carbocycles. The van der Waals surface area contributed by atoms with Gasteiger partial charge in [-0.1, -0.05) is 30.3 Å². The summed E-state index contributed by atoms with van der Waals surface area (Å²) in [6.45, 7) is -0.182. The van der Waals surface area contributed by atoms with Crippen molar-refractivity contribution in [1.82, 2.24) is 5.32 Å². The van der Waals surface area contributed by atoms with Gasteiger partial charge < -0.3 is 10.4 Å². The van der Waals surface area contributed by atoms with Crippen LogP contribution >= 0.6 is 0 Å². The minimum Gasteiger partial charge on any atom is -0.394 e. The van der Waals surface area contributed by atoms with Gasteiger partial charge in [-0.05, 0) is 17.9 Å². The van der Waals surface area contributed by atoms with Gasteiger partial charge in [0, 0.05) is 6.42 Å². The van der Waals surface area contributed by atoms with Crippen LogP contribution in [0.2, 0.25) is 0 Å². The zero-order chi connectivity index (χ0) is 14.6. The minimum absolute atomic E-state index is 0.0928. The highest BCUT2D eigenvalue weighted by Gasteiger charge is 2.29. The maximum atomic E-state index is 11.9. The number of aliphatic hydroxyl groups is 1. The first-order valence-corrected chi connectivity index (χ1v) is 8.48. The Balaban J connectivity index is 1.90. The number of hydrogen-bond acceptors (Lipinski definition) is 4. The van der Waals surface area contributed by atoms with E-state index in [0.29, 0.717) is 6.42 Å². The number of aliphatic hydroxyl groups excluding tert-OH is 1. The lowest BCUT2D eigenvalue weighted by atomic mass is 10.0. The van der Waals surface area contributed by atoms with Crippen LogP contribution in [0.4, 0.5) is 0 Å². The van der Waals surface area contributed by atoms with Crippen LogP contribution in [0.25, 0.3) is 0 Å². The van der Waals surface area contributed by atoms with Crippen molar-refractivity contribution >= 4 is 15.7 Å². The van der Waals surface area contributed by atoms with Crippen LogP contribution in [0.3, 0.4) is 0 Å². The van der Waals surface area contributed by atoms with Gasteiger partial charge in [-0.2, -0.15) is 0 Å². The molecule has 1 heterocycles. The molecule has 1 aliphatic heterocycles. The summed E-state index contributed by atoms with van der Waals surface area (Å²) >= 11 is 0. The molecule has 2 rings (SSSR count). The molecule has 1 fully saturated rings. The van der Waals surface area contributed by atoms with E-state index in [2.05, 4.69) is 5.32 Å². The van der Waals surface area contributed by atoms with Gasteiger partial charge in [-0.15, -0.1) is 0 Å². The fourth-order valence-electron chi connectivity index (χ4n) is 2.47. The van der Waals surface area contributed by atoms with Gasteiger partial charge in [0.25, 0.3) is 0 Å². The lowest BCUT2D eigenvalue weighted by Gasteiger charge is -2.17. The average Bonchev–Trinajstić information content (AvgIpc) is 2.76. The molecule has 6 heteroatoms. The van der Waals surface area contributed by atoms with Crippen molar-refractivity contribution in [2.45, 2.75) is 18.9 Å². The van der Waals surface area contributed by atoms with Gasteiger partial charge in [0.1, 0.15) is 0 Å². The molecule has 1 unspecified atom stereocenters. The molecule has 1 saturated heterocycles. The highest BCUT2D eigenvalue weighted by atomic mass is 32.2. The molecule has 1 aliphatic rings. The molecule has 0 aliphatic carbocycles. The summed E-state index contributed by atoms with van der Waals surface area (Å²) in [6.07, 6.45) is 0.743. The van der Waals surface area contributed by atoms with Crippen LogP contribution in [0.15, 0.2) is 30.3 Å². The Morgan fingerprint density at radius 3 is 2.60 bits per heavy atom. The topological polar surface area (TPSA) is 83.5 Å². The van der Waals surface area contributed by atoms with Crippen molar-refractivity contribution in [3.8, 4) is 0 Å². The molecular weight excluding hydrogens is 278 g/mol. The number of nitrogens with one attached hydrogen (secondary N) is 1. The predicted octanol–water partition coefficient (Wildman–Crippen LogP) is 0.661. The zero-order valence-corrected chi connectivity index (χ0v) is 12.0. The third-order valence-corrected chi connectivity index (χ3v) is 5.36. The number of benzene rings is 1. The fourth-order valence-corrected chi connectivity index (χ4v) is 4.33. The molecule has 1 aromatic rings. The van der Waals surface area contributed by atoms with E-state index < -0.39 is 15.9 Å². The zero-order valence-electron chi connectivity index (χ0n) is 11.2. The number of amides is 1. The van der Waals surface area contributed by atoms with Crippen LogP contribution in [0.1, 0.15) is 24.4 Å². The normalized spacial score (nSPS) is 22.4. The molecule has 2 atom stereocenters. The van der Waals surface area contributed by atoms with Crippen molar-refractivity contribution < 1.29 is 18.3 Å². The Morgan fingerprint density at radius 1 is 1.35 bits per heavy atom. The second-order valence-corrected chi connectivity index (χ2v) is 7.42. The molecule has 1 aromatic carbocycles. The molecule has 0 bridgehead atoms. The molecule has 0 spiro atoms. The number of carbonyl (C=O) groups is 1. The van der Waals surface area contributed by atoms with E-state index >= 15 is 0 Å². The molecule has 1 amide bonds. The van der Waals surface area contributed by atoms with Crippen molar-refractivity contribution in [3.63, 3.8) is 0 Å². The van der Waals surface area contributed by atoms with E-state index in [0.717, 1.165) is 5.56 Å². The third-order valence-electron chi connectivity index (χ3n) is 3.52. The Kier molecular flexibility index (Phi) is 4.77. The van der Waals surface area contributed by atoms with Crippen LogP contribution in [-0.2, 0) is 14.6 Å². The van der Waals surface area contributed by atoms with Gasteiger partial charge >= 0.3 is 0 Å². The first-order chi connectivity index (χ1) is 9.50. The maximum Gasteiger partial charge on any atom is 0.220 e. The van der Waals surface area contributed by atoms with Gasteiger partial charge in [0.2, 0.25) is 5.91 Å². The predicted molar refractivity (Wildman–Crippen MR) is 75.8 cm³/mol. The SMILES string of the molecule is O=C(CC1CCS(=O)(=O)C1)N[C@H](CO)c1ccccc1. The summed E-state index contributed by atoms with van der Waals surface area (Å²) < 4.78 is 22.7. The first-order valence-electron chi connectivity index (χ1n) is 6.66. The molecule has 5 nitrogen and oxygen atoms in total. The molecular formula is C14H19NO4S. The van der Waals surface area contributed by atoms with E-state index in [1.165, 1.54) is 0 Å². The van der Waals surface area contributed by atoms with E-state index in [9.17, 15) is 18.3 Å². The third kappa shape index (κ3) is 4.05. The van der Waals surface area contributed by atoms with E-state index in [1.54, 1.807) is 0 Å². The monoisotopic (exact) mass is 297 g/mol. The van der Waals surface area contributed by atoms with Gasteiger partial charge in [0.05, 0.1) is 24.2 Å². The van der Waals surface area contributed by atoms with E-state index in [4.69, 9.17) is 0 Å². The number of hydrogen-bond donors (Lipinski definition) is 2. The number of sulfone groups is 1. The summed E-state index contributed by atoms with van der Waals surface area (Å²) in [5.74, 6) is -0.0482. The second kappa shape index (κ2) is 6.37. The van der Waals surface area contributed by atoms with E-state index in [1.807, 2.05) is 30.3 Å². The molecule has 110 valence electrons. The van der Waals surface area contributed by atoms with Crippen LogP contribution in [0, 0.1) is 5.92 Å². The highest BCUT2D eigenvalue weighted by Crippen LogP contribution is 2.22. The van der Waals surface area contributed by atoms with Crippen LogP contribution in [0.5, 0.6) is 0 Å². The first kappa shape index (κ1) is 15.0. The standard InChI is InChI=1S/C14H19NO4S/c16-9-13(12-4-2-1-3-5-12)15-14(17)8-11-6-7-20(18,19)10-11/h1-5,11,13,16H,6-10H2,(H,15,17)/t11?,13-/m1/s1. The molecule has 0 aromatic heterocycles. The number of carbonyl (C=O) groups excluding carboxylic acids is 1. The summed E-state index contributed by atoms with van der Waals surface area (Å²) in [5, 5.41) is 12.1. The quantitative estimate of drug-likeness (QED) is 0.836. The highest BCUT2D eigenvalue weighted by molar-refractivity contribution is 7.91. The smallest absolute Gasteiger partial charge is 0.220 e. The lowest BCUT2D eigenvalue weighted by molar-refractivity contribution is -0.122. The van der Waals surface area contributed by atoms with Crippen LogP contribution in [-0.4, -0.2) is 37.5 Å². The van der Waals surface area contributed by atoms with Crippen molar-refractivity contribution in [2.75, 3.05) is 18.1 Å². The van der Waals surface area contributed by atoms with E-state index in [-0.39, 0.29) is 36.4 Å². The fraction of sp³-hybridized carbons (Fsp3) is 0.500. The lowest BCUT2D eigenvalue weighted by Crippen LogP contribution is -2.32. The van der Waals surface area contributed by atoms with Gasteiger partial charge in [0.15, 0.2) is 9.84 Å². The van der Waals surface area contributed by atoms with Gasteiger partial charge in [-0.25, -0.2) is 8.42 Å². The summed E-state index contributed by atoms with van der Waals surface area (Å²) in [7, 11) is -2.96. The van der Waals surface area contributed by atoms with Crippen LogP contribution < -0.4 is 5.32 Å². The van der Waals surface area contributed by atoms with Crippen molar-refractivity contribution in [2.24, 2.45) is 5.92 Å². The summed E-state index contributed by atoms with van der Waals surface area (Å²) in [5.41, 5.74) is 0.836. The van der Waals surface area contributed by atoms with Crippen molar-refractivity contribution in [3.05, 3.63) is 35.9 Å². The Hall–Kier alpha value is -1.40. The molecule has 20 heavy (non-hydrogen) atoms. The Bertz CT molecular complexity index is 556. The maximum absolute atomic E-state index is 11.9. The number of rotatable bonds is 5. The average molecular weight is 297 g/mol. The molecule has 0 radical (unpaired) electrons. The summed E-state index contributed by atoms with van der Waals surface area (Å²) in [4.78, 5) is 11.9. The second-order valence-electron chi connectivity index (χ2n) is 5.19. The minimum atomic E-state index is -2.96. The van der Waals surface area contributed by atoms with Gasteiger partial charge in [-0.3, -0.25) is 4.79 Å². The van der Waals surface area contributed by atoms with Crippen molar-refractivity contribution in [1.29, 1.82) is 0 Å². The summed E-state index contributed by atoms with van der Waals surface area (Å²) in [6, 6.07) is 8.77. The molecule has 2 N–H and O–H groups in total. The Labute approximate surface area is 118 Å².